The normalized spacial score (nSPS) is 13.5. The fourth-order valence-electron chi connectivity index (χ4n) is 4.39. The Morgan fingerprint density at radius 1 is 1.00 bits per heavy atom. The van der Waals surface area contributed by atoms with Crippen molar-refractivity contribution in [3.05, 3.63) is 77.8 Å². The van der Waals surface area contributed by atoms with E-state index >= 15 is 0 Å². The van der Waals surface area contributed by atoms with Crippen LogP contribution in [-0.2, 0) is 5.41 Å². The Kier molecular flexibility index (Phi) is 7.83. The number of aromatic nitrogens is 3. The third-order valence-corrected chi connectivity index (χ3v) is 6.66. The molecule has 7 N–H and O–H groups in total. The predicted molar refractivity (Wildman–Crippen MR) is 161 cm³/mol. The lowest BCUT2D eigenvalue weighted by Crippen LogP contribution is -2.43. The molecule has 12 nitrogen and oxygen atoms in total. The Bertz CT molecular complexity index is 1520. The van der Waals surface area contributed by atoms with Crippen LogP contribution >= 0.6 is 0 Å². The van der Waals surface area contributed by atoms with Crippen LogP contribution in [0.2, 0.25) is 0 Å². The number of amides is 2. The van der Waals surface area contributed by atoms with E-state index in [1.54, 1.807) is 30.3 Å². The summed E-state index contributed by atoms with van der Waals surface area (Å²) in [5.41, 5.74) is 9.73. The van der Waals surface area contributed by atoms with Crippen molar-refractivity contribution >= 4 is 46.3 Å². The fraction of sp³-hybridized carbons (Fsp3) is 0.276. The number of nitrogens with zero attached hydrogens (tertiary/aromatic N) is 4. The summed E-state index contributed by atoms with van der Waals surface area (Å²) in [5.74, 6) is 1.62. The maximum atomic E-state index is 12.4. The van der Waals surface area contributed by atoms with E-state index in [9.17, 15) is 4.79 Å². The molecule has 0 unspecified atom stereocenters. The van der Waals surface area contributed by atoms with Crippen LogP contribution in [0.3, 0.4) is 0 Å². The van der Waals surface area contributed by atoms with Gasteiger partial charge in [0.15, 0.2) is 5.82 Å². The van der Waals surface area contributed by atoms with Gasteiger partial charge >= 0.3 is 6.03 Å². The molecule has 0 bridgehead atoms. The molecule has 12 heteroatoms. The van der Waals surface area contributed by atoms with E-state index < -0.39 is 6.03 Å². The monoisotopic (exact) mass is 554 g/mol. The van der Waals surface area contributed by atoms with Gasteiger partial charge in [0.1, 0.15) is 23.7 Å². The minimum atomic E-state index is -0.443. The first-order chi connectivity index (χ1) is 19.7. The number of piperazine rings is 1. The zero-order valence-electron chi connectivity index (χ0n) is 23.3. The van der Waals surface area contributed by atoms with E-state index in [-0.39, 0.29) is 16.9 Å². The van der Waals surface area contributed by atoms with Crippen LogP contribution in [0, 0.1) is 5.41 Å². The Morgan fingerprint density at radius 3 is 2.34 bits per heavy atom. The molecule has 0 aliphatic carbocycles. The number of carbonyl (C=O) groups excluding carboxylic acids is 1. The highest BCUT2D eigenvalue weighted by atomic mass is 16.5. The van der Waals surface area contributed by atoms with E-state index in [0.29, 0.717) is 39.9 Å². The second kappa shape index (κ2) is 11.6. The van der Waals surface area contributed by atoms with E-state index in [1.165, 1.54) is 6.33 Å². The lowest BCUT2D eigenvalue weighted by atomic mass is 9.93. The zero-order valence-corrected chi connectivity index (χ0v) is 23.3. The minimum Gasteiger partial charge on any atom is -0.383 e. The van der Waals surface area contributed by atoms with Crippen molar-refractivity contribution in [1.82, 2.24) is 20.4 Å². The molecule has 1 fully saturated rings. The van der Waals surface area contributed by atoms with Crippen molar-refractivity contribution in [3.8, 4) is 0 Å². The molecular formula is C29H34N10O2. The summed E-state index contributed by atoms with van der Waals surface area (Å²) in [6, 6.07) is 16.2. The second-order valence-electron chi connectivity index (χ2n) is 10.7. The number of anilines is 6. The van der Waals surface area contributed by atoms with Gasteiger partial charge in [0.25, 0.3) is 0 Å². The number of hydrogen-bond donors (Lipinski definition) is 6. The van der Waals surface area contributed by atoms with Crippen LogP contribution in [0.5, 0.6) is 0 Å². The van der Waals surface area contributed by atoms with E-state index in [1.807, 2.05) is 45.0 Å². The molecule has 2 aromatic heterocycles. The average Bonchev–Trinajstić information content (AvgIpc) is 3.44. The summed E-state index contributed by atoms with van der Waals surface area (Å²) < 4.78 is 5.31. The van der Waals surface area contributed by atoms with Gasteiger partial charge in [-0.2, -0.15) is 0 Å². The lowest BCUT2D eigenvalue weighted by Gasteiger charge is -2.29. The Morgan fingerprint density at radius 2 is 1.68 bits per heavy atom. The van der Waals surface area contributed by atoms with Crippen LogP contribution in [0.1, 0.15) is 37.7 Å². The van der Waals surface area contributed by atoms with E-state index in [2.05, 4.69) is 41.3 Å². The van der Waals surface area contributed by atoms with Crippen molar-refractivity contribution in [1.29, 1.82) is 5.41 Å². The van der Waals surface area contributed by atoms with E-state index in [0.717, 1.165) is 31.9 Å². The molecule has 212 valence electrons. The van der Waals surface area contributed by atoms with Gasteiger partial charge in [-0.15, -0.1) is 0 Å². The van der Waals surface area contributed by atoms with Crippen LogP contribution in [0.4, 0.5) is 39.3 Å². The van der Waals surface area contributed by atoms with Crippen molar-refractivity contribution in [2.24, 2.45) is 0 Å². The second-order valence-corrected chi connectivity index (χ2v) is 10.7. The molecule has 41 heavy (non-hydrogen) atoms. The first kappa shape index (κ1) is 27.6. The molecule has 0 atom stereocenters. The van der Waals surface area contributed by atoms with Crippen LogP contribution in [-0.4, -0.2) is 53.0 Å². The summed E-state index contributed by atoms with van der Waals surface area (Å²) in [6.07, 6.45) is 1.36. The maximum Gasteiger partial charge on any atom is 0.324 e. The highest BCUT2D eigenvalue weighted by Crippen LogP contribution is 2.27. The van der Waals surface area contributed by atoms with Gasteiger partial charge in [0, 0.05) is 60.3 Å². The lowest BCUT2D eigenvalue weighted by molar-refractivity contribution is 0.262. The third kappa shape index (κ3) is 6.61. The molecule has 5 rings (SSSR count). The largest absolute Gasteiger partial charge is 0.383 e. The van der Waals surface area contributed by atoms with Crippen LogP contribution in [0.25, 0.3) is 0 Å². The van der Waals surface area contributed by atoms with Gasteiger partial charge < -0.3 is 31.1 Å². The Hall–Kier alpha value is -4.97. The fourth-order valence-corrected chi connectivity index (χ4v) is 4.39. The quantitative estimate of drug-likeness (QED) is 0.179. The smallest absolute Gasteiger partial charge is 0.324 e. The SMILES string of the molecule is CC(C)(C)c1cc(NC(=O)Nc2ccc(Nc3ncnc(N)c3C(=N)c3ccc(N4CCNCC4)cc3)cc2)no1. The number of hydrogen-bond acceptors (Lipinski definition) is 10. The molecule has 1 aliphatic heterocycles. The van der Waals surface area contributed by atoms with Crippen molar-refractivity contribution < 1.29 is 9.32 Å². The number of rotatable bonds is 7. The van der Waals surface area contributed by atoms with Gasteiger partial charge in [-0.1, -0.05) is 38.1 Å². The highest BCUT2D eigenvalue weighted by Gasteiger charge is 2.21. The Labute approximate surface area is 238 Å². The molecule has 1 saturated heterocycles. The standard InChI is InChI=1S/C29H34N10O2/c1-29(2,3)22-16-23(38-41-22)37-28(40)36-20-8-6-19(7-9-20)35-27-24(26(31)33-17-34-27)25(30)18-4-10-21(11-5-18)39-14-12-32-13-15-39/h4-11,16-17,30,32H,12-15H2,1-3H3,(H3,31,33,34,35)(H2,36,37,38,40). The van der Waals surface area contributed by atoms with Crippen LogP contribution < -0.4 is 31.9 Å². The van der Waals surface area contributed by atoms with Gasteiger partial charge in [0.05, 0.1) is 11.3 Å². The molecule has 3 heterocycles. The van der Waals surface area contributed by atoms with Gasteiger partial charge in [-0.3, -0.25) is 10.7 Å². The molecule has 0 saturated carbocycles. The number of nitrogens with one attached hydrogen (secondary N) is 5. The minimum absolute atomic E-state index is 0.205. The molecule has 0 spiro atoms. The molecule has 2 amide bonds. The van der Waals surface area contributed by atoms with Gasteiger partial charge in [0.2, 0.25) is 0 Å². The molecule has 1 aliphatic rings. The number of benzene rings is 2. The topological polar surface area (TPSA) is 170 Å². The van der Waals surface area contributed by atoms with Crippen molar-refractivity contribution in [3.63, 3.8) is 0 Å². The summed E-state index contributed by atoms with van der Waals surface area (Å²) in [6.45, 7) is 9.80. The zero-order chi connectivity index (χ0) is 29.0. The molecular weight excluding hydrogens is 520 g/mol. The predicted octanol–water partition coefficient (Wildman–Crippen LogP) is 4.56. The van der Waals surface area contributed by atoms with Crippen molar-refractivity contribution in [2.45, 2.75) is 26.2 Å². The average molecular weight is 555 g/mol. The number of urea groups is 1. The van der Waals surface area contributed by atoms with E-state index in [4.69, 9.17) is 15.7 Å². The molecule has 0 radical (unpaired) electrons. The van der Waals surface area contributed by atoms with Gasteiger partial charge in [-0.05, 0) is 36.4 Å². The van der Waals surface area contributed by atoms with Gasteiger partial charge in [-0.25, -0.2) is 14.8 Å². The number of nitrogen functional groups attached to an aromatic ring is 1. The van der Waals surface area contributed by atoms with Crippen molar-refractivity contribution in [2.75, 3.05) is 52.8 Å². The summed E-state index contributed by atoms with van der Waals surface area (Å²) in [4.78, 5) is 23.2. The first-order valence-corrected chi connectivity index (χ1v) is 13.3. The molecule has 4 aromatic rings. The first-order valence-electron chi connectivity index (χ1n) is 13.3. The summed E-state index contributed by atoms with van der Waals surface area (Å²) >= 11 is 0. The number of carbonyl (C=O) groups is 1. The third-order valence-electron chi connectivity index (χ3n) is 6.66. The molecule has 2 aromatic carbocycles. The van der Waals surface area contributed by atoms with Crippen LogP contribution in [0.15, 0.2) is 65.4 Å². The highest BCUT2D eigenvalue weighted by molar-refractivity contribution is 6.16. The Balaban J connectivity index is 1.25. The summed E-state index contributed by atoms with van der Waals surface area (Å²) in [7, 11) is 0. The summed E-state index contributed by atoms with van der Waals surface area (Å²) in [5, 5.41) is 24.8. The maximum absolute atomic E-state index is 12.4. The number of nitrogens with two attached hydrogens (primary N) is 1.